The summed E-state index contributed by atoms with van der Waals surface area (Å²) in [6, 6.07) is 13.5. The van der Waals surface area contributed by atoms with Crippen LogP contribution in [0.3, 0.4) is 0 Å². The van der Waals surface area contributed by atoms with Gasteiger partial charge in [-0.05, 0) is 30.7 Å². The van der Waals surface area contributed by atoms with Gasteiger partial charge in [0.05, 0.1) is 12.8 Å². The number of anilines is 3. The molecule has 0 aliphatic rings. The van der Waals surface area contributed by atoms with Crippen LogP contribution in [0.4, 0.5) is 17.5 Å². The van der Waals surface area contributed by atoms with Gasteiger partial charge in [-0.15, -0.1) is 0 Å². The van der Waals surface area contributed by atoms with E-state index in [1.54, 1.807) is 13.3 Å². The number of nitrogens with zero attached hydrogens (tertiary/aromatic N) is 3. The highest BCUT2D eigenvalue weighted by atomic mass is 16.5. The number of hydrogen-bond donors (Lipinski definition) is 2. The Hall–Kier alpha value is -3.15. The smallest absolute Gasteiger partial charge is 0.225 e. The molecule has 0 spiro atoms. The molecule has 0 aliphatic carbocycles. The number of methoxy groups -OCH3 is 1. The third kappa shape index (κ3) is 3.98. The fourth-order valence-corrected chi connectivity index (χ4v) is 2.28. The average molecular weight is 321 g/mol. The van der Waals surface area contributed by atoms with Gasteiger partial charge in [0, 0.05) is 30.7 Å². The van der Waals surface area contributed by atoms with Crippen molar-refractivity contribution in [2.45, 2.75) is 13.5 Å². The molecular weight excluding hydrogens is 302 g/mol. The first kappa shape index (κ1) is 15.7. The molecule has 0 saturated carbocycles. The van der Waals surface area contributed by atoms with Gasteiger partial charge in [-0.3, -0.25) is 4.98 Å². The van der Waals surface area contributed by atoms with E-state index in [2.05, 4.69) is 25.6 Å². The Kier molecular flexibility index (Phi) is 4.86. The molecule has 0 amide bonds. The van der Waals surface area contributed by atoms with E-state index in [4.69, 9.17) is 4.74 Å². The fraction of sp³-hybridized carbons (Fsp3) is 0.167. The number of benzene rings is 1. The summed E-state index contributed by atoms with van der Waals surface area (Å²) in [5, 5.41) is 6.50. The van der Waals surface area contributed by atoms with Crippen molar-refractivity contribution in [1.29, 1.82) is 0 Å². The van der Waals surface area contributed by atoms with Crippen molar-refractivity contribution >= 4 is 17.5 Å². The van der Waals surface area contributed by atoms with Crippen LogP contribution in [-0.4, -0.2) is 22.1 Å². The molecule has 2 N–H and O–H groups in total. The largest absolute Gasteiger partial charge is 0.495 e. The van der Waals surface area contributed by atoms with E-state index < -0.39 is 0 Å². The summed E-state index contributed by atoms with van der Waals surface area (Å²) in [7, 11) is 1.65. The second kappa shape index (κ2) is 7.41. The van der Waals surface area contributed by atoms with E-state index in [0.717, 1.165) is 22.7 Å². The Morgan fingerprint density at radius 1 is 1.08 bits per heavy atom. The number of aromatic nitrogens is 3. The maximum absolute atomic E-state index is 5.35. The first-order valence-corrected chi connectivity index (χ1v) is 7.63. The van der Waals surface area contributed by atoms with Crippen molar-refractivity contribution in [2.75, 3.05) is 17.7 Å². The minimum Gasteiger partial charge on any atom is -0.495 e. The molecule has 6 nitrogen and oxygen atoms in total. The monoisotopic (exact) mass is 321 g/mol. The van der Waals surface area contributed by atoms with Gasteiger partial charge in [0.2, 0.25) is 5.95 Å². The summed E-state index contributed by atoms with van der Waals surface area (Å²) < 4.78 is 5.35. The normalized spacial score (nSPS) is 10.2. The molecule has 1 aromatic carbocycles. The highest BCUT2D eigenvalue weighted by molar-refractivity contribution is 5.64. The summed E-state index contributed by atoms with van der Waals surface area (Å²) in [5.74, 6) is 2.04. The number of aryl methyl sites for hydroxylation is 1. The number of hydrogen-bond acceptors (Lipinski definition) is 6. The second-order valence-corrected chi connectivity index (χ2v) is 5.26. The summed E-state index contributed by atoms with van der Waals surface area (Å²) in [4.78, 5) is 13.0. The average Bonchev–Trinajstić information content (AvgIpc) is 2.61. The van der Waals surface area contributed by atoms with Crippen LogP contribution in [0.25, 0.3) is 0 Å². The lowest BCUT2D eigenvalue weighted by molar-refractivity contribution is 0.417. The van der Waals surface area contributed by atoms with Crippen molar-refractivity contribution < 1.29 is 4.74 Å². The Balaban J connectivity index is 1.76. The molecule has 0 saturated heterocycles. The van der Waals surface area contributed by atoms with Crippen molar-refractivity contribution in [3.63, 3.8) is 0 Å². The fourth-order valence-electron chi connectivity index (χ4n) is 2.28. The van der Waals surface area contributed by atoms with Crippen LogP contribution in [0, 0.1) is 6.92 Å². The Morgan fingerprint density at radius 3 is 2.75 bits per heavy atom. The number of rotatable bonds is 6. The molecular formula is C18H19N5O. The quantitative estimate of drug-likeness (QED) is 0.723. The molecule has 24 heavy (non-hydrogen) atoms. The minimum atomic E-state index is 0.566. The lowest BCUT2D eigenvalue weighted by Crippen LogP contribution is -2.06. The molecule has 0 atom stereocenters. The van der Waals surface area contributed by atoms with Crippen molar-refractivity contribution in [3.8, 4) is 5.75 Å². The Labute approximate surface area is 141 Å². The summed E-state index contributed by atoms with van der Waals surface area (Å²) in [6.45, 7) is 2.55. The zero-order valence-electron chi connectivity index (χ0n) is 13.7. The Bertz CT molecular complexity index is 808. The van der Waals surface area contributed by atoms with Crippen LogP contribution >= 0.6 is 0 Å². The van der Waals surface area contributed by atoms with Crippen molar-refractivity contribution in [1.82, 2.24) is 15.0 Å². The maximum atomic E-state index is 5.35. The molecule has 0 bridgehead atoms. The standard InChI is InChI=1S/C18H19N5O/c1-13-10-17(22-15-7-3-4-8-16(15)24-2)23-18(21-13)20-12-14-6-5-9-19-11-14/h3-11H,12H2,1-2H3,(H2,20,21,22,23). The summed E-state index contributed by atoms with van der Waals surface area (Å²) in [5.41, 5.74) is 2.80. The third-order valence-corrected chi connectivity index (χ3v) is 3.40. The van der Waals surface area contributed by atoms with Crippen molar-refractivity contribution in [2.24, 2.45) is 0 Å². The zero-order valence-corrected chi connectivity index (χ0v) is 13.7. The maximum Gasteiger partial charge on any atom is 0.225 e. The van der Waals surface area contributed by atoms with Crippen molar-refractivity contribution in [3.05, 3.63) is 66.1 Å². The third-order valence-electron chi connectivity index (χ3n) is 3.40. The topological polar surface area (TPSA) is 72.0 Å². The van der Waals surface area contributed by atoms with E-state index in [-0.39, 0.29) is 0 Å². The minimum absolute atomic E-state index is 0.566. The van der Waals surface area contributed by atoms with Crippen LogP contribution in [0.2, 0.25) is 0 Å². The molecule has 0 radical (unpaired) electrons. The SMILES string of the molecule is COc1ccccc1Nc1cc(C)nc(NCc2cccnc2)n1. The first-order valence-electron chi connectivity index (χ1n) is 7.63. The summed E-state index contributed by atoms with van der Waals surface area (Å²) in [6.07, 6.45) is 3.57. The van der Waals surface area contributed by atoms with Gasteiger partial charge in [-0.25, -0.2) is 4.98 Å². The molecule has 3 rings (SSSR count). The molecule has 2 aromatic heterocycles. The molecule has 6 heteroatoms. The molecule has 0 aliphatic heterocycles. The lowest BCUT2D eigenvalue weighted by atomic mass is 10.3. The Morgan fingerprint density at radius 2 is 1.96 bits per heavy atom. The summed E-state index contributed by atoms with van der Waals surface area (Å²) >= 11 is 0. The van der Waals surface area contributed by atoms with Gasteiger partial charge >= 0.3 is 0 Å². The van der Waals surface area contributed by atoms with E-state index in [1.807, 2.05) is 55.6 Å². The van der Waals surface area contributed by atoms with Crippen LogP contribution in [-0.2, 0) is 6.54 Å². The van der Waals surface area contributed by atoms with Crippen LogP contribution < -0.4 is 15.4 Å². The predicted octanol–water partition coefficient (Wildman–Crippen LogP) is 3.54. The number of pyridine rings is 1. The number of ether oxygens (including phenoxy) is 1. The van der Waals surface area contributed by atoms with E-state index in [1.165, 1.54) is 0 Å². The zero-order chi connectivity index (χ0) is 16.8. The predicted molar refractivity (Wildman–Crippen MR) is 94.6 cm³/mol. The van der Waals surface area contributed by atoms with Gasteiger partial charge < -0.3 is 15.4 Å². The highest BCUT2D eigenvalue weighted by Gasteiger charge is 2.06. The van der Waals surface area contributed by atoms with Gasteiger partial charge in [0.25, 0.3) is 0 Å². The van der Waals surface area contributed by atoms with Crippen LogP contribution in [0.1, 0.15) is 11.3 Å². The van der Waals surface area contributed by atoms with E-state index in [9.17, 15) is 0 Å². The van der Waals surface area contributed by atoms with Gasteiger partial charge in [0.15, 0.2) is 0 Å². The molecule has 0 unspecified atom stereocenters. The van der Waals surface area contributed by atoms with Gasteiger partial charge in [-0.1, -0.05) is 18.2 Å². The molecule has 122 valence electrons. The van der Waals surface area contributed by atoms with Crippen LogP contribution in [0.15, 0.2) is 54.9 Å². The van der Waals surface area contributed by atoms with Gasteiger partial charge in [-0.2, -0.15) is 4.98 Å². The first-order chi connectivity index (χ1) is 11.7. The van der Waals surface area contributed by atoms with Gasteiger partial charge in [0.1, 0.15) is 11.6 Å². The number of nitrogens with one attached hydrogen (secondary N) is 2. The molecule has 2 heterocycles. The number of para-hydroxylation sites is 2. The van der Waals surface area contributed by atoms with Crippen LogP contribution in [0.5, 0.6) is 5.75 Å². The second-order valence-electron chi connectivity index (χ2n) is 5.26. The highest BCUT2D eigenvalue weighted by Crippen LogP contribution is 2.26. The van der Waals surface area contributed by atoms with E-state index in [0.29, 0.717) is 18.3 Å². The molecule has 3 aromatic rings. The van der Waals surface area contributed by atoms with E-state index >= 15 is 0 Å². The molecule has 0 fully saturated rings. The lowest BCUT2D eigenvalue weighted by Gasteiger charge is -2.12.